The first-order valence-electron chi connectivity index (χ1n) is 3.46. The molecule has 0 aromatic heterocycles. The Hall–Kier alpha value is -0.690. The number of aliphatic hydroxyl groups excluding tert-OH is 1. The smallest absolute Gasteiger partial charge is 0.108 e. The van der Waals surface area contributed by atoms with Crippen LogP contribution in [0.2, 0.25) is 0 Å². The SMILES string of the molecule is [B]C(O)C([B])c1ccccc1. The molecule has 0 saturated heterocycles. The van der Waals surface area contributed by atoms with Gasteiger partial charge in [0.2, 0.25) is 0 Å². The zero-order valence-corrected chi connectivity index (χ0v) is 6.14. The maximum Gasteiger partial charge on any atom is 0.108 e. The van der Waals surface area contributed by atoms with E-state index in [4.69, 9.17) is 20.8 Å². The lowest BCUT2D eigenvalue weighted by molar-refractivity contribution is 0.250. The van der Waals surface area contributed by atoms with Gasteiger partial charge in [-0.2, -0.15) is 0 Å². The molecule has 1 rings (SSSR count). The molecule has 4 radical (unpaired) electrons. The summed E-state index contributed by atoms with van der Waals surface area (Å²) in [6, 6.07) is 8.29. The molecule has 0 aliphatic rings. The van der Waals surface area contributed by atoms with Gasteiger partial charge in [0.25, 0.3) is 0 Å². The lowest BCUT2D eigenvalue weighted by Gasteiger charge is -2.15. The highest BCUT2D eigenvalue weighted by molar-refractivity contribution is 6.21. The zero-order valence-electron chi connectivity index (χ0n) is 6.14. The second-order valence-corrected chi connectivity index (χ2v) is 2.43. The van der Waals surface area contributed by atoms with E-state index in [1.54, 1.807) is 0 Å². The van der Waals surface area contributed by atoms with Gasteiger partial charge >= 0.3 is 0 Å². The number of hydrogen-bond donors (Lipinski definition) is 1. The first-order valence-corrected chi connectivity index (χ1v) is 3.46. The Balaban J connectivity index is 2.77. The Morgan fingerprint density at radius 3 is 2.09 bits per heavy atom. The summed E-state index contributed by atoms with van der Waals surface area (Å²) in [7, 11) is 10.8. The van der Waals surface area contributed by atoms with Crippen LogP contribution in [0.25, 0.3) is 0 Å². The van der Waals surface area contributed by atoms with Crippen LogP contribution < -0.4 is 0 Å². The summed E-state index contributed by atoms with van der Waals surface area (Å²) in [4.78, 5) is 0. The van der Waals surface area contributed by atoms with Gasteiger partial charge < -0.3 is 5.11 Å². The average molecular weight is 142 g/mol. The first kappa shape index (κ1) is 8.41. The summed E-state index contributed by atoms with van der Waals surface area (Å²) in [6.07, 6.45) is 0. The van der Waals surface area contributed by atoms with E-state index < -0.39 is 11.8 Å². The van der Waals surface area contributed by atoms with Gasteiger partial charge in [-0.15, -0.1) is 0 Å². The van der Waals surface area contributed by atoms with Crippen molar-refractivity contribution >= 4 is 15.7 Å². The van der Waals surface area contributed by atoms with Gasteiger partial charge in [0.15, 0.2) is 0 Å². The van der Waals surface area contributed by atoms with E-state index in [0.29, 0.717) is 0 Å². The Morgan fingerprint density at radius 1 is 1.09 bits per heavy atom. The second kappa shape index (κ2) is 3.63. The molecule has 0 aliphatic carbocycles. The Morgan fingerprint density at radius 2 is 1.64 bits per heavy atom. The summed E-state index contributed by atoms with van der Waals surface area (Å²) in [5, 5.41) is 8.93. The molecule has 0 aliphatic heterocycles. The Labute approximate surface area is 69.3 Å². The predicted octanol–water partition coefficient (Wildman–Crippen LogP) is 0.383. The quantitative estimate of drug-likeness (QED) is 0.591. The number of rotatable bonds is 2. The minimum Gasteiger partial charge on any atom is -0.403 e. The van der Waals surface area contributed by atoms with Crippen LogP contribution >= 0.6 is 0 Å². The second-order valence-electron chi connectivity index (χ2n) is 2.43. The number of aliphatic hydroxyl groups is 1. The molecule has 0 heterocycles. The van der Waals surface area contributed by atoms with Crippen molar-refractivity contribution in [3.8, 4) is 0 Å². The third-order valence-electron chi connectivity index (χ3n) is 1.55. The van der Waals surface area contributed by atoms with Crippen molar-refractivity contribution in [3.05, 3.63) is 35.9 Å². The van der Waals surface area contributed by atoms with Gasteiger partial charge in [-0.05, 0) is 5.82 Å². The minimum atomic E-state index is -0.989. The van der Waals surface area contributed by atoms with Gasteiger partial charge in [-0.25, -0.2) is 0 Å². The van der Waals surface area contributed by atoms with E-state index in [2.05, 4.69) is 0 Å². The van der Waals surface area contributed by atoms with Crippen LogP contribution in [0.1, 0.15) is 11.4 Å². The van der Waals surface area contributed by atoms with Crippen LogP contribution in [-0.2, 0) is 0 Å². The van der Waals surface area contributed by atoms with Gasteiger partial charge in [0.1, 0.15) is 7.85 Å². The molecule has 11 heavy (non-hydrogen) atoms. The van der Waals surface area contributed by atoms with Crippen molar-refractivity contribution < 1.29 is 5.11 Å². The summed E-state index contributed by atoms with van der Waals surface area (Å²) < 4.78 is 0. The summed E-state index contributed by atoms with van der Waals surface area (Å²) in [6.45, 7) is 0. The topological polar surface area (TPSA) is 20.2 Å². The largest absolute Gasteiger partial charge is 0.403 e. The molecule has 52 valence electrons. The number of hydrogen-bond acceptors (Lipinski definition) is 1. The van der Waals surface area contributed by atoms with Crippen LogP contribution in [0.15, 0.2) is 30.3 Å². The molecule has 0 bridgehead atoms. The van der Waals surface area contributed by atoms with Crippen LogP contribution in [0.4, 0.5) is 0 Å². The highest BCUT2D eigenvalue weighted by Gasteiger charge is 2.08. The molecule has 3 heteroatoms. The standard InChI is InChI=1S/C8H8B2O/c9-7(8(10)11)6-4-2-1-3-5-6/h1-5,7-8,11H. The maximum atomic E-state index is 8.93. The molecular weight excluding hydrogens is 134 g/mol. The molecular formula is C8H8B2O. The minimum absolute atomic E-state index is 0.490. The lowest BCUT2D eigenvalue weighted by atomic mass is 9.70. The van der Waals surface area contributed by atoms with Gasteiger partial charge in [-0.3, -0.25) is 0 Å². The van der Waals surface area contributed by atoms with Crippen molar-refractivity contribution in [1.29, 1.82) is 0 Å². The Kier molecular flexibility index (Phi) is 2.77. The average Bonchev–Trinajstić information content (AvgIpc) is 2.05. The fourth-order valence-electron chi connectivity index (χ4n) is 0.872. The molecule has 0 fully saturated rings. The third-order valence-corrected chi connectivity index (χ3v) is 1.55. The van der Waals surface area contributed by atoms with E-state index >= 15 is 0 Å². The van der Waals surface area contributed by atoms with Gasteiger partial charge in [0.05, 0.1) is 7.85 Å². The van der Waals surface area contributed by atoms with Crippen molar-refractivity contribution in [1.82, 2.24) is 0 Å². The Bertz CT molecular complexity index is 211. The monoisotopic (exact) mass is 142 g/mol. The number of benzene rings is 1. The molecule has 0 spiro atoms. The first-order chi connectivity index (χ1) is 5.22. The van der Waals surface area contributed by atoms with Crippen LogP contribution in [-0.4, -0.2) is 26.8 Å². The molecule has 1 aromatic rings. The normalized spacial score (nSPS) is 15.7. The van der Waals surface area contributed by atoms with Crippen molar-refractivity contribution in [3.63, 3.8) is 0 Å². The predicted molar refractivity (Wildman–Crippen MR) is 46.7 cm³/mol. The zero-order chi connectivity index (χ0) is 8.27. The molecule has 2 atom stereocenters. The highest BCUT2D eigenvalue weighted by atomic mass is 16.3. The van der Waals surface area contributed by atoms with E-state index in [1.165, 1.54) is 0 Å². The highest BCUT2D eigenvalue weighted by Crippen LogP contribution is 2.13. The fraction of sp³-hybridized carbons (Fsp3) is 0.250. The molecule has 1 N–H and O–H groups in total. The molecule has 2 unspecified atom stereocenters. The molecule has 1 aromatic carbocycles. The van der Waals surface area contributed by atoms with E-state index in [1.807, 2.05) is 30.3 Å². The molecule has 0 saturated carbocycles. The van der Waals surface area contributed by atoms with E-state index in [9.17, 15) is 0 Å². The van der Waals surface area contributed by atoms with Crippen molar-refractivity contribution in [2.45, 2.75) is 11.8 Å². The van der Waals surface area contributed by atoms with E-state index in [0.717, 1.165) is 5.56 Å². The van der Waals surface area contributed by atoms with E-state index in [-0.39, 0.29) is 0 Å². The molecule has 1 nitrogen and oxygen atoms in total. The van der Waals surface area contributed by atoms with Crippen molar-refractivity contribution in [2.24, 2.45) is 0 Å². The van der Waals surface area contributed by atoms with Gasteiger partial charge in [0, 0.05) is 6.00 Å². The van der Waals surface area contributed by atoms with Gasteiger partial charge in [-0.1, -0.05) is 35.9 Å². The van der Waals surface area contributed by atoms with Crippen LogP contribution in [0.5, 0.6) is 0 Å². The lowest BCUT2D eigenvalue weighted by Crippen LogP contribution is -2.18. The molecule has 0 amide bonds. The fourth-order valence-corrected chi connectivity index (χ4v) is 0.872. The van der Waals surface area contributed by atoms with Crippen LogP contribution in [0, 0.1) is 0 Å². The van der Waals surface area contributed by atoms with Crippen LogP contribution in [0.3, 0.4) is 0 Å². The summed E-state index contributed by atoms with van der Waals surface area (Å²) in [5.74, 6) is -0.490. The summed E-state index contributed by atoms with van der Waals surface area (Å²) in [5.41, 5.74) is 0.850. The maximum absolute atomic E-state index is 8.93. The summed E-state index contributed by atoms with van der Waals surface area (Å²) >= 11 is 0. The third kappa shape index (κ3) is 2.12. The van der Waals surface area contributed by atoms with Crippen molar-refractivity contribution in [2.75, 3.05) is 0 Å².